The molecule has 2 aromatic heterocycles. The molecule has 0 atom stereocenters. The van der Waals surface area contributed by atoms with Crippen molar-refractivity contribution in [2.45, 2.75) is 33.0 Å². The predicted molar refractivity (Wildman–Crippen MR) is 132 cm³/mol. The van der Waals surface area contributed by atoms with Crippen molar-refractivity contribution >= 4 is 28.5 Å². The molecule has 0 bridgehead atoms. The van der Waals surface area contributed by atoms with Crippen molar-refractivity contribution in [1.82, 2.24) is 19.9 Å². The molecule has 4 aromatic rings. The Balaban J connectivity index is 1.65. The second kappa shape index (κ2) is 9.55. The number of carbonyl (C=O) groups is 2. The summed E-state index contributed by atoms with van der Waals surface area (Å²) in [5.41, 5.74) is 10.5. The first-order valence-corrected chi connectivity index (χ1v) is 11.4. The molecule has 5 rings (SSSR count). The number of ether oxygens (including phenoxy) is 1. The van der Waals surface area contributed by atoms with E-state index < -0.39 is 5.91 Å². The minimum absolute atomic E-state index is 0.161. The molecule has 0 saturated heterocycles. The highest BCUT2D eigenvalue weighted by molar-refractivity contribution is 6.06. The number of carbonyl (C=O) groups excluding carboxylic acids is 2. The third-order valence-electron chi connectivity index (χ3n) is 6.02. The van der Waals surface area contributed by atoms with E-state index in [4.69, 9.17) is 20.4 Å². The van der Waals surface area contributed by atoms with E-state index in [9.17, 15) is 9.59 Å². The van der Waals surface area contributed by atoms with Crippen LogP contribution in [0, 0.1) is 0 Å². The van der Waals surface area contributed by atoms with Gasteiger partial charge >= 0.3 is 0 Å². The number of rotatable bonds is 7. The molecule has 9 heteroatoms. The number of hydrogen-bond donors (Lipinski definition) is 3. The van der Waals surface area contributed by atoms with Crippen LogP contribution in [0.3, 0.4) is 0 Å². The molecule has 0 unspecified atom stereocenters. The van der Waals surface area contributed by atoms with Crippen LogP contribution in [0.4, 0.5) is 5.82 Å². The maximum absolute atomic E-state index is 12.1. The summed E-state index contributed by atoms with van der Waals surface area (Å²) in [5, 5.41) is 6.97. The Morgan fingerprint density at radius 1 is 1.09 bits per heavy atom. The Morgan fingerprint density at radius 2 is 1.91 bits per heavy atom. The van der Waals surface area contributed by atoms with E-state index in [-0.39, 0.29) is 12.5 Å². The van der Waals surface area contributed by atoms with Crippen LogP contribution in [0.2, 0.25) is 0 Å². The highest BCUT2D eigenvalue weighted by Crippen LogP contribution is 2.29. The fourth-order valence-electron chi connectivity index (χ4n) is 4.33. The van der Waals surface area contributed by atoms with Gasteiger partial charge in [0.25, 0.3) is 0 Å². The zero-order valence-electron chi connectivity index (χ0n) is 19.4. The van der Waals surface area contributed by atoms with Crippen LogP contribution in [-0.4, -0.2) is 33.0 Å². The molecule has 0 saturated carbocycles. The summed E-state index contributed by atoms with van der Waals surface area (Å²) in [5.74, 6) is 0.475. The van der Waals surface area contributed by atoms with Gasteiger partial charge in [0.1, 0.15) is 5.82 Å². The SMILES string of the molecule is CC(=O)NCc1cc2c(C(N)=O)cccc2n1-c1nc2c(c(NCc3ccccc3)n1)COCC2. The largest absolute Gasteiger partial charge is 0.376 e. The van der Waals surface area contributed by atoms with Crippen LogP contribution in [0.25, 0.3) is 16.9 Å². The van der Waals surface area contributed by atoms with E-state index in [0.717, 1.165) is 28.0 Å². The van der Waals surface area contributed by atoms with Gasteiger partial charge in [-0.15, -0.1) is 0 Å². The van der Waals surface area contributed by atoms with Crippen molar-refractivity contribution in [1.29, 1.82) is 0 Å². The number of hydrogen-bond acceptors (Lipinski definition) is 6. The maximum atomic E-state index is 12.1. The quantitative estimate of drug-likeness (QED) is 0.382. The summed E-state index contributed by atoms with van der Waals surface area (Å²) in [6.07, 6.45) is 0.664. The Hall–Kier alpha value is -4.24. The fraction of sp³-hybridized carbons (Fsp3) is 0.231. The molecular weight excluding hydrogens is 444 g/mol. The van der Waals surface area contributed by atoms with Crippen molar-refractivity contribution in [3.8, 4) is 5.95 Å². The molecule has 35 heavy (non-hydrogen) atoms. The van der Waals surface area contributed by atoms with E-state index in [0.29, 0.717) is 48.9 Å². The fourth-order valence-corrected chi connectivity index (χ4v) is 4.33. The van der Waals surface area contributed by atoms with Crippen LogP contribution in [0.15, 0.2) is 54.6 Å². The highest BCUT2D eigenvalue weighted by atomic mass is 16.5. The molecular formula is C26H26N6O3. The zero-order valence-corrected chi connectivity index (χ0v) is 19.4. The topological polar surface area (TPSA) is 124 Å². The lowest BCUT2D eigenvalue weighted by atomic mass is 10.1. The lowest BCUT2D eigenvalue weighted by Crippen LogP contribution is -2.22. The van der Waals surface area contributed by atoms with Crippen LogP contribution in [0.5, 0.6) is 0 Å². The van der Waals surface area contributed by atoms with Gasteiger partial charge in [-0.1, -0.05) is 36.4 Å². The number of fused-ring (bicyclic) bond motifs is 2. The van der Waals surface area contributed by atoms with E-state index >= 15 is 0 Å². The first-order valence-electron chi connectivity index (χ1n) is 11.4. The Labute approximate surface area is 202 Å². The number of nitrogens with zero attached hydrogens (tertiary/aromatic N) is 3. The van der Waals surface area contributed by atoms with Gasteiger partial charge in [0.15, 0.2) is 0 Å². The van der Waals surface area contributed by atoms with Crippen LogP contribution in [-0.2, 0) is 35.6 Å². The minimum Gasteiger partial charge on any atom is -0.376 e. The molecule has 2 amide bonds. The molecule has 4 N–H and O–H groups in total. The second-order valence-electron chi connectivity index (χ2n) is 8.42. The van der Waals surface area contributed by atoms with Gasteiger partial charge in [0.05, 0.1) is 31.0 Å². The summed E-state index contributed by atoms with van der Waals surface area (Å²) in [7, 11) is 0. The van der Waals surface area contributed by atoms with Gasteiger partial charge in [-0.25, -0.2) is 4.98 Å². The number of amides is 2. The summed E-state index contributed by atoms with van der Waals surface area (Å²) in [6.45, 7) is 3.32. The smallest absolute Gasteiger partial charge is 0.249 e. The number of nitrogens with two attached hydrogens (primary N) is 1. The summed E-state index contributed by atoms with van der Waals surface area (Å²) in [6, 6.07) is 17.3. The standard InChI is InChI=1S/C26H26N6O3/c1-16(33)28-14-18-12-20-19(24(27)34)8-5-9-23(20)32(18)26-30-22-10-11-35-15-21(22)25(31-26)29-13-17-6-3-2-4-7-17/h2-9,12H,10-11,13-15H2,1H3,(H2,27,34)(H,28,33)(H,29,30,31). The monoisotopic (exact) mass is 470 g/mol. The maximum Gasteiger partial charge on any atom is 0.249 e. The van der Waals surface area contributed by atoms with Gasteiger partial charge in [-0.05, 0) is 23.8 Å². The van der Waals surface area contributed by atoms with Crippen molar-refractivity contribution in [3.63, 3.8) is 0 Å². The van der Waals surface area contributed by atoms with Gasteiger partial charge in [0, 0.05) is 42.1 Å². The van der Waals surface area contributed by atoms with Crippen LogP contribution >= 0.6 is 0 Å². The van der Waals surface area contributed by atoms with Crippen molar-refractivity contribution in [3.05, 3.63) is 82.7 Å². The van der Waals surface area contributed by atoms with E-state index in [1.165, 1.54) is 6.92 Å². The summed E-state index contributed by atoms with van der Waals surface area (Å²) in [4.78, 5) is 33.5. The van der Waals surface area contributed by atoms with Crippen LogP contribution in [0.1, 0.15) is 39.8 Å². The number of aromatic nitrogens is 3. The molecule has 1 aliphatic heterocycles. The molecule has 0 radical (unpaired) electrons. The first-order chi connectivity index (χ1) is 17.0. The Bertz CT molecular complexity index is 1410. The molecule has 1 aliphatic rings. The normalized spacial score (nSPS) is 12.8. The number of nitrogens with one attached hydrogen (secondary N) is 2. The van der Waals surface area contributed by atoms with Crippen molar-refractivity contribution in [2.75, 3.05) is 11.9 Å². The molecule has 2 aromatic carbocycles. The third kappa shape index (κ3) is 4.58. The summed E-state index contributed by atoms with van der Waals surface area (Å²) < 4.78 is 7.57. The van der Waals surface area contributed by atoms with Crippen LogP contribution < -0.4 is 16.4 Å². The average Bonchev–Trinajstić information content (AvgIpc) is 3.25. The van der Waals surface area contributed by atoms with Crippen molar-refractivity contribution in [2.24, 2.45) is 5.73 Å². The first kappa shape index (κ1) is 22.5. The molecule has 0 spiro atoms. The second-order valence-corrected chi connectivity index (χ2v) is 8.42. The number of primary amides is 1. The van der Waals surface area contributed by atoms with Gasteiger partial charge in [0.2, 0.25) is 17.8 Å². The number of anilines is 1. The van der Waals surface area contributed by atoms with E-state index in [2.05, 4.69) is 10.6 Å². The molecule has 0 fully saturated rings. The highest BCUT2D eigenvalue weighted by Gasteiger charge is 2.22. The lowest BCUT2D eigenvalue weighted by molar-refractivity contribution is -0.119. The average molecular weight is 471 g/mol. The van der Waals surface area contributed by atoms with E-state index in [1.54, 1.807) is 12.1 Å². The zero-order chi connectivity index (χ0) is 24.4. The van der Waals surface area contributed by atoms with Gasteiger partial charge in [-0.3, -0.25) is 14.2 Å². The minimum atomic E-state index is -0.521. The van der Waals surface area contributed by atoms with Gasteiger partial charge < -0.3 is 21.1 Å². The van der Waals surface area contributed by atoms with Gasteiger partial charge in [-0.2, -0.15) is 4.98 Å². The molecule has 178 valence electrons. The Kier molecular flexibility index (Phi) is 6.15. The third-order valence-corrected chi connectivity index (χ3v) is 6.02. The lowest BCUT2D eigenvalue weighted by Gasteiger charge is -2.21. The molecule has 3 heterocycles. The summed E-state index contributed by atoms with van der Waals surface area (Å²) >= 11 is 0. The Morgan fingerprint density at radius 3 is 2.69 bits per heavy atom. The predicted octanol–water partition coefficient (Wildman–Crippen LogP) is 2.84. The number of benzene rings is 2. The van der Waals surface area contributed by atoms with Crippen molar-refractivity contribution < 1.29 is 14.3 Å². The molecule has 9 nitrogen and oxygen atoms in total. The van der Waals surface area contributed by atoms with E-state index in [1.807, 2.05) is 47.0 Å². The molecule has 0 aliphatic carbocycles.